The Morgan fingerprint density at radius 2 is 1.29 bits per heavy atom. The molecule has 2 aromatic rings. The summed E-state index contributed by atoms with van der Waals surface area (Å²) in [6.45, 7) is 14.0. The van der Waals surface area contributed by atoms with E-state index in [4.69, 9.17) is 9.47 Å². The molecule has 2 rings (SSSR count). The van der Waals surface area contributed by atoms with Crippen LogP contribution in [-0.2, 0) is 6.42 Å². The summed E-state index contributed by atoms with van der Waals surface area (Å²) in [6.07, 6.45) is 15.4. The van der Waals surface area contributed by atoms with E-state index in [1.165, 1.54) is 74.5 Å². The summed E-state index contributed by atoms with van der Waals surface area (Å²) in [4.78, 5) is 0. The van der Waals surface area contributed by atoms with E-state index < -0.39 is 0 Å². The van der Waals surface area contributed by atoms with Gasteiger partial charge in [0.15, 0.2) is 0 Å². The lowest BCUT2D eigenvalue weighted by atomic mass is 9.91. The molecule has 2 aromatic carbocycles. The first kappa shape index (κ1) is 29.3. The van der Waals surface area contributed by atoms with Crippen molar-refractivity contribution in [2.24, 2.45) is 17.8 Å². The molecule has 2 unspecified atom stereocenters. The minimum atomic E-state index is 0.831. The van der Waals surface area contributed by atoms with Gasteiger partial charge in [0.1, 0.15) is 11.5 Å². The summed E-state index contributed by atoms with van der Waals surface area (Å²) >= 11 is 0. The van der Waals surface area contributed by atoms with Crippen molar-refractivity contribution < 1.29 is 9.47 Å². The maximum absolute atomic E-state index is 5.89. The standard InChI is InChI=1S/C33H52O2/c1-24(2)14-11-15-25(3)16-12-17-26(4)18-13-19-27(5)22-23-29-28(6)32(34-7)30-20-9-10-21-31(30)33(29)35-8/h9-10,20-22,24-26H,11-19,23H2,1-8H3. The third-order valence-electron chi connectivity index (χ3n) is 7.69. The monoisotopic (exact) mass is 480 g/mol. The maximum Gasteiger partial charge on any atom is 0.130 e. The van der Waals surface area contributed by atoms with Crippen molar-refractivity contribution in [2.45, 2.75) is 106 Å². The van der Waals surface area contributed by atoms with Gasteiger partial charge in [0.25, 0.3) is 0 Å². The molecule has 2 atom stereocenters. The predicted molar refractivity (Wildman–Crippen MR) is 154 cm³/mol. The van der Waals surface area contributed by atoms with Crippen molar-refractivity contribution >= 4 is 10.8 Å². The Bertz CT molecular complexity index is 924. The summed E-state index contributed by atoms with van der Waals surface area (Å²) in [5.74, 6) is 4.51. The molecule has 0 aliphatic carbocycles. The lowest BCUT2D eigenvalue weighted by molar-refractivity contribution is 0.389. The summed E-state index contributed by atoms with van der Waals surface area (Å²) in [7, 11) is 3.54. The first-order valence-electron chi connectivity index (χ1n) is 14.1. The average Bonchev–Trinajstić information content (AvgIpc) is 2.82. The van der Waals surface area contributed by atoms with Crippen LogP contribution in [0.4, 0.5) is 0 Å². The van der Waals surface area contributed by atoms with E-state index in [-0.39, 0.29) is 0 Å². The molecule has 196 valence electrons. The van der Waals surface area contributed by atoms with Crippen molar-refractivity contribution in [3.63, 3.8) is 0 Å². The van der Waals surface area contributed by atoms with E-state index >= 15 is 0 Å². The lowest BCUT2D eigenvalue weighted by Crippen LogP contribution is -2.01. The number of fused-ring (bicyclic) bond motifs is 1. The van der Waals surface area contributed by atoms with Gasteiger partial charge in [-0.25, -0.2) is 0 Å². The third-order valence-corrected chi connectivity index (χ3v) is 7.69. The highest BCUT2D eigenvalue weighted by molar-refractivity contribution is 5.96. The number of hydrogen-bond donors (Lipinski definition) is 0. The molecule has 0 fully saturated rings. The van der Waals surface area contributed by atoms with E-state index in [1.807, 2.05) is 0 Å². The molecular formula is C33H52O2. The molecule has 2 heteroatoms. The second kappa shape index (κ2) is 15.2. The van der Waals surface area contributed by atoms with E-state index in [1.54, 1.807) is 14.2 Å². The number of rotatable bonds is 16. The van der Waals surface area contributed by atoms with Crippen LogP contribution >= 0.6 is 0 Å². The highest BCUT2D eigenvalue weighted by atomic mass is 16.5. The Morgan fingerprint density at radius 3 is 1.83 bits per heavy atom. The molecule has 0 radical (unpaired) electrons. The van der Waals surface area contributed by atoms with Gasteiger partial charge in [0.2, 0.25) is 0 Å². The number of ether oxygens (including phenoxy) is 2. The van der Waals surface area contributed by atoms with Gasteiger partial charge in [-0.1, -0.05) is 109 Å². The van der Waals surface area contributed by atoms with Gasteiger partial charge in [0.05, 0.1) is 14.2 Å². The van der Waals surface area contributed by atoms with E-state index in [0.717, 1.165) is 46.4 Å². The smallest absolute Gasteiger partial charge is 0.130 e. The second-order valence-electron chi connectivity index (χ2n) is 11.3. The molecule has 0 saturated carbocycles. The number of methoxy groups -OCH3 is 2. The van der Waals surface area contributed by atoms with Crippen molar-refractivity contribution in [3.8, 4) is 11.5 Å². The van der Waals surface area contributed by atoms with Crippen LogP contribution in [0, 0.1) is 24.7 Å². The quantitative estimate of drug-likeness (QED) is 0.222. The zero-order chi connectivity index (χ0) is 25.8. The van der Waals surface area contributed by atoms with Gasteiger partial charge >= 0.3 is 0 Å². The third kappa shape index (κ3) is 9.21. The SMILES string of the molecule is COc1c(C)c(CC=C(C)CCCC(C)CCCC(C)CCCC(C)C)c(OC)c2ccccc12. The molecule has 0 bridgehead atoms. The predicted octanol–water partition coefficient (Wildman–Crippen LogP) is 10.1. The van der Waals surface area contributed by atoms with Gasteiger partial charge in [-0.2, -0.15) is 0 Å². The molecule has 0 aromatic heterocycles. The van der Waals surface area contributed by atoms with Crippen LogP contribution < -0.4 is 9.47 Å². The molecule has 0 saturated heterocycles. The zero-order valence-electron chi connectivity index (χ0n) is 24.0. The fourth-order valence-electron chi connectivity index (χ4n) is 5.38. The summed E-state index contributed by atoms with van der Waals surface area (Å²) in [5.41, 5.74) is 3.89. The first-order valence-corrected chi connectivity index (χ1v) is 14.1. The van der Waals surface area contributed by atoms with Crippen molar-refractivity contribution in [1.29, 1.82) is 0 Å². The van der Waals surface area contributed by atoms with E-state index in [0.29, 0.717) is 0 Å². The van der Waals surface area contributed by atoms with Crippen molar-refractivity contribution in [3.05, 3.63) is 47.0 Å². The number of allylic oxidation sites excluding steroid dienone is 2. The van der Waals surface area contributed by atoms with Crippen LogP contribution in [0.25, 0.3) is 10.8 Å². The van der Waals surface area contributed by atoms with Crippen LogP contribution in [0.3, 0.4) is 0 Å². The molecule has 35 heavy (non-hydrogen) atoms. The summed E-state index contributed by atoms with van der Waals surface area (Å²) in [6, 6.07) is 8.37. The van der Waals surface area contributed by atoms with Gasteiger partial charge < -0.3 is 9.47 Å². The van der Waals surface area contributed by atoms with Crippen molar-refractivity contribution in [1.82, 2.24) is 0 Å². The molecular weight excluding hydrogens is 428 g/mol. The highest BCUT2D eigenvalue weighted by Gasteiger charge is 2.17. The Labute approximate surface area is 216 Å². The van der Waals surface area contributed by atoms with Crippen LogP contribution in [0.5, 0.6) is 11.5 Å². The highest BCUT2D eigenvalue weighted by Crippen LogP contribution is 2.40. The Morgan fingerprint density at radius 1 is 0.771 bits per heavy atom. The van der Waals surface area contributed by atoms with Crippen LogP contribution in [-0.4, -0.2) is 14.2 Å². The lowest BCUT2D eigenvalue weighted by Gasteiger charge is -2.18. The van der Waals surface area contributed by atoms with Crippen molar-refractivity contribution in [2.75, 3.05) is 14.2 Å². The minimum absolute atomic E-state index is 0.831. The number of hydrogen-bond acceptors (Lipinski definition) is 2. The summed E-state index contributed by atoms with van der Waals surface area (Å²) < 4.78 is 11.7. The Balaban J connectivity index is 1.83. The van der Waals surface area contributed by atoms with E-state index in [2.05, 4.69) is 71.9 Å². The van der Waals surface area contributed by atoms with Crippen LogP contribution in [0.1, 0.15) is 104 Å². The Hall–Kier alpha value is -1.96. The molecule has 0 aliphatic heterocycles. The average molecular weight is 481 g/mol. The van der Waals surface area contributed by atoms with Gasteiger partial charge in [-0.05, 0) is 56.4 Å². The van der Waals surface area contributed by atoms with Crippen LogP contribution in [0.2, 0.25) is 0 Å². The maximum atomic E-state index is 5.89. The molecule has 0 aliphatic rings. The molecule has 2 nitrogen and oxygen atoms in total. The zero-order valence-corrected chi connectivity index (χ0v) is 24.0. The van der Waals surface area contributed by atoms with Gasteiger partial charge in [-0.15, -0.1) is 0 Å². The topological polar surface area (TPSA) is 18.5 Å². The van der Waals surface area contributed by atoms with Gasteiger partial charge in [-0.3, -0.25) is 0 Å². The second-order valence-corrected chi connectivity index (χ2v) is 11.3. The molecule has 0 N–H and O–H groups in total. The summed E-state index contributed by atoms with van der Waals surface area (Å²) in [5, 5.41) is 2.24. The molecule has 0 amide bonds. The first-order chi connectivity index (χ1) is 16.8. The Kier molecular flexibility index (Phi) is 12.7. The largest absolute Gasteiger partial charge is 0.496 e. The van der Waals surface area contributed by atoms with E-state index in [9.17, 15) is 0 Å². The fraction of sp³-hybridized carbons (Fsp3) is 0.636. The number of benzene rings is 2. The fourth-order valence-corrected chi connectivity index (χ4v) is 5.38. The molecule has 0 spiro atoms. The minimum Gasteiger partial charge on any atom is -0.496 e. The van der Waals surface area contributed by atoms with Gasteiger partial charge in [0, 0.05) is 16.3 Å². The normalized spacial score (nSPS) is 13.9. The molecule has 0 heterocycles. The van der Waals surface area contributed by atoms with Crippen LogP contribution in [0.15, 0.2) is 35.9 Å².